The third kappa shape index (κ3) is 4.22. The second-order valence-corrected chi connectivity index (χ2v) is 4.74. The molecule has 1 aromatic carbocycles. The molecule has 0 bridgehead atoms. The summed E-state index contributed by atoms with van der Waals surface area (Å²) >= 11 is 0. The van der Waals surface area contributed by atoms with Crippen molar-refractivity contribution in [2.24, 2.45) is 0 Å². The van der Waals surface area contributed by atoms with Gasteiger partial charge in [-0.05, 0) is 12.5 Å². The van der Waals surface area contributed by atoms with E-state index in [4.69, 9.17) is 4.74 Å². The third-order valence-electron chi connectivity index (χ3n) is 3.06. The van der Waals surface area contributed by atoms with Gasteiger partial charge >= 0.3 is 5.97 Å². The van der Waals surface area contributed by atoms with Crippen LogP contribution in [0.4, 0.5) is 15.8 Å². The molecule has 1 fully saturated rings. The Morgan fingerprint density at radius 2 is 2.22 bits per heavy atom. The molecule has 2 rings (SSSR count). The molecule has 0 saturated carbocycles. The Labute approximate surface area is 128 Å². The summed E-state index contributed by atoms with van der Waals surface area (Å²) in [5, 5.41) is 15.1. The van der Waals surface area contributed by atoms with Crippen LogP contribution in [-0.2, 0) is 19.1 Å². The monoisotopic (exact) mass is 325 g/mol. The van der Waals surface area contributed by atoms with Gasteiger partial charge in [0.2, 0.25) is 5.91 Å². The number of hydrogen-bond donors (Lipinski definition) is 2. The van der Waals surface area contributed by atoms with E-state index in [1.165, 1.54) is 0 Å². The largest absolute Gasteiger partial charge is 0.454 e. The van der Waals surface area contributed by atoms with Crippen molar-refractivity contribution in [3.8, 4) is 0 Å². The van der Waals surface area contributed by atoms with Crippen LogP contribution in [0.1, 0.15) is 12.8 Å². The lowest BCUT2D eigenvalue weighted by atomic mass is 10.2. The van der Waals surface area contributed by atoms with E-state index >= 15 is 0 Å². The molecule has 122 valence electrons. The predicted molar refractivity (Wildman–Crippen MR) is 73.8 cm³/mol. The lowest BCUT2D eigenvalue weighted by Crippen LogP contribution is -2.36. The molecule has 1 heterocycles. The van der Waals surface area contributed by atoms with E-state index in [9.17, 15) is 28.9 Å². The molecule has 2 amide bonds. The van der Waals surface area contributed by atoms with Crippen LogP contribution < -0.4 is 10.6 Å². The van der Waals surface area contributed by atoms with Crippen LogP contribution in [0, 0.1) is 15.9 Å². The van der Waals surface area contributed by atoms with Crippen molar-refractivity contribution in [3.05, 3.63) is 34.1 Å². The lowest BCUT2D eigenvalue weighted by molar-refractivity contribution is -0.384. The second kappa shape index (κ2) is 6.81. The number of amides is 2. The SMILES string of the molecule is O=C(COC(=O)C1CCC(=O)N1)Nc1cc([N+](=O)[O-])ccc1F. The summed E-state index contributed by atoms with van der Waals surface area (Å²) < 4.78 is 18.2. The minimum absolute atomic E-state index is 0.199. The molecule has 1 aliphatic heterocycles. The average Bonchev–Trinajstić information content (AvgIpc) is 2.93. The minimum atomic E-state index is -0.863. The maximum atomic E-state index is 13.5. The summed E-state index contributed by atoms with van der Waals surface area (Å²) in [7, 11) is 0. The average molecular weight is 325 g/mol. The molecule has 1 aliphatic rings. The maximum Gasteiger partial charge on any atom is 0.329 e. The van der Waals surface area contributed by atoms with E-state index in [1.807, 2.05) is 0 Å². The molecule has 1 aromatic rings. The van der Waals surface area contributed by atoms with Gasteiger partial charge in [0, 0.05) is 18.6 Å². The van der Waals surface area contributed by atoms with Crippen LogP contribution in [0.25, 0.3) is 0 Å². The van der Waals surface area contributed by atoms with Crippen LogP contribution in [0.15, 0.2) is 18.2 Å². The number of nitrogens with zero attached hydrogens (tertiary/aromatic N) is 1. The summed E-state index contributed by atoms with van der Waals surface area (Å²) in [6.07, 6.45) is 0.476. The molecule has 1 unspecified atom stereocenters. The minimum Gasteiger partial charge on any atom is -0.454 e. The van der Waals surface area contributed by atoms with Crippen LogP contribution >= 0.6 is 0 Å². The summed E-state index contributed by atoms with van der Waals surface area (Å²) in [6.45, 7) is -0.701. The van der Waals surface area contributed by atoms with Crippen LogP contribution in [0.3, 0.4) is 0 Å². The first kappa shape index (κ1) is 16.3. The Kier molecular flexibility index (Phi) is 4.84. The number of esters is 1. The topological polar surface area (TPSA) is 128 Å². The van der Waals surface area contributed by atoms with Gasteiger partial charge < -0.3 is 15.4 Å². The molecule has 0 spiro atoms. The number of halogens is 1. The summed E-state index contributed by atoms with van der Waals surface area (Å²) in [4.78, 5) is 44.0. The Bertz CT molecular complexity index is 678. The van der Waals surface area contributed by atoms with Gasteiger partial charge in [0.05, 0.1) is 10.6 Å². The standard InChI is InChI=1S/C13H12FN3O6/c14-8-2-1-7(17(21)22)5-10(8)16-12(19)6-23-13(20)9-3-4-11(18)15-9/h1-2,5,9H,3-4,6H2,(H,15,18)(H,16,19). The fraction of sp³-hybridized carbons (Fsp3) is 0.308. The first-order valence-electron chi connectivity index (χ1n) is 6.56. The molecule has 9 nitrogen and oxygen atoms in total. The fourth-order valence-electron chi connectivity index (χ4n) is 1.94. The van der Waals surface area contributed by atoms with Crippen molar-refractivity contribution >= 4 is 29.2 Å². The highest BCUT2D eigenvalue weighted by Gasteiger charge is 2.28. The molecule has 1 saturated heterocycles. The Morgan fingerprint density at radius 1 is 1.48 bits per heavy atom. The van der Waals surface area contributed by atoms with Gasteiger partial charge in [-0.15, -0.1) is 0 Å². The highest BCUT2D eigenvalue weighted by atomic mass is 19.1. The number of anilines is 1. The Balaban J connectivity index is 1.90. The number of hydrogen-bond acceptors (Lipinski definition) is 6. The van der Waals surface area contributed by atoms with Crippen molar-refractivity contribution in [3.63, 3.8) is 0 Å². The zero-order valence-corrected chi connectivity index (χ0v) is 11.7. The van der Waals surface area contributed by atoms with Crippen LogP contribution in [-0.4, -0.2) is 35.4 Å². The normalized spacial score (nSPS) is 16.6. The van der Waals surface area contributed by atoms with E-state index in [0.29, 0.717) is 0 Å². The van der Waals surface area contributed by atoms with Gasteiger partial charge in [0.1, 0.15) is 11.9 Å². The number of nitro benzene ring substituents is 1. The first-order valence-corrected chi connectivity index (χ1v) is 6.56. The molecular weight excluding hydrogens is 313 g/mol. The number of nitrogens with one attached hydrogen (secondary N) is 2. The lowest BCUT2D eigenvalue weighted by Gasteiger charge is -2.10. The number of non-ortho nitro benzene ring substituents is 1. The zero-order valence-electron chi connectivity index (χ0n) is 11.7. The molecule has 23 heavy (non-hydrogen) atoms. The van der Waals surface area contributed by atoms with Gasteiger partial charge in [-0.1, -0.05) is 0 Å². The number of rotatable bonds is 5. The van der Waals surface area contributed by atoms with Gasteiger partial charge in [-0.25, -0.2) is 9.18 Å². The van der Waals surface area contributed by atoms with Crippen LogP contribution in [0.5, 0.6) is 0 Å². The van der Waals surface area contributed by atoms with Crippen molar-refractivity contribution in [2.45, 2.75) is 18.9 Å². The van der Waals surface area contributed by atoms with Crippen LogP contribution in [0.2, 0.25) is 0 Å². The maximum absolute atomic E-state index is 13.5. The van der Waals surface area contributed by atoms with Gasteiger partial charge in [0.25, 0.3) is 11.6 Å². The molecule has 0 aromatic heterocycles. The van der Waals surface area contributed by atoms with Gasteiger partial charge in [-0.2, -0.15) is 0 Å². The summed E-state index contributed by atoms with van der Waals surface area (Å²) in [5.74, 6) is -2.78. The number of nitro groups is 1. The summed E-state index contributed by atoms with van der Waals surface area (Å²) in [6, 6.07) is 1.85. The molecule has 0 radical (unpaired) electrons. The molecule has 2 N–H and O–H groups in total. The van der Waals surface area contributed by atoms with Gasteiger partial charge in [-0.3, -0.25) is 19.7 Å². The first-order chi connectivity index (χ1) is 10.9. The van der Waals surface area contributed by atoms with E-state index < -0.39 is 46.6 Å². The Hall–Kier alpha value is -3.04. The zero-order chi connectivity index (χ0) is 17.0. The molecule has 1 atom stereocenters. The van der Waals surface area contributed by atoms with Crippen molar-refractivity contribution < 1.29 is 28.4 Å². The quantitative estimate of drug-likeness (QED) is 0.461. The van der Waals surface area contributed by atoms with E-state index in [-0.39, 0.29) is 18.7 Å². The van der Waals surface area contributed by atoms with E-state index in [1.54, 1.807) is 0 Å². The number of carbonyl (C=O) groups excluding carboxylic acids is 3. The van der Waals surface area contributed by atoms with E-state index in [2.05, 4.69) is 10.6 Å². The highest BCUT2D eigenvalue weighted by Crippen LogP contribution is 2.21. The second-order valence-electron chi connectivity index (χ2n) is 4.74. The number of ether oxygens (including phenoxy) is 1. The van der Waals surface area contributed by atoms with Gasteiger partial charge in [0.15, 0.2) is 6.61 Å². The van der Waals surface area contributed by atoms with Crippen molar-refractivity contribution in [2.75, 3.05) is 11.9 Å². The Morgan fingerprint density at radius 3 is 2.83 bits per heavy atom. The number of benzene rings is 1. The predicted octanol–water partition coefficient (Wildman–Crippen LogP) is 0.494. The smallest absolute Gasteiger partial charge is 0.329 e. The molecular formula is C13H12FN3O6. The van der Waals surface area contributed by atoms with Crippen molar-refractivity contribution in [1.29, 1.82) is 0 Å². The van der Waals surface area contributed by atoms with E-state index in [0.717, 1.165) is 18.2 Å². The third-order valence-corrected chi connectivity index (χ3v) is 3.06. The molecule has 0 aliphatic carbocycles. The highest BCUT2D eigenvalue weighted by molar-refractivity contribution is 5.94. The van der Waals surface area contributed by atoms with Crippen molar-refractivity contribution in [1.82, 2.24) is 5.32 Å². The fourth-order valence-corrected chi connectivity index (χ4v) is 1.94. The summed E-state index contributed by atoms with van der Waals surface area (Å²) in [5.41, 5.74) is -0.790. The number of carbonyl (C=O) groups is 3. The molecule has 10 heteroatoms.